The molecule has 30 heavy (non-hydrogen) atoms. The van der Waals surface area contributed by atoms with E-state index in [9.17, 15) is 4.79 Å². The van der Waals surface area contributed by atoms with Crippen molar-refractivity contribution in [2.24, 2.45) is 0 Å². The maximum atomic E-state index is 13.4. The number of imidazole rings is 1. The summed E-state index contributed by atoms with van der Waals surface area (Å²) < 4.78 is 3.06. The molecule has 2 aromatic carbocycles. The second-order valence-electron chi connectivity index (χ2n) is 7.16. The van der Waals surface area contributed by atoms with Gasteiger partial charge >= 0.3 is 0 Å². The summed E-state index contributed by atoms with van der Waals surface area (Å²) in [5.74, 6) is -0.185. The van der Waals surface area contributed by atoms with Gasteiger partial charge < -0.3 is 4.57 Å². The van der Waals surface area contributed by atoms with Crippen LogP contribution in [0.25, 0.3) is 10.2 Å². The van der Waals surface area contributed by atoms with Crippen LogP contribution >= 0.6 is 34.5 Å². The minimum absolute atomic E-state index is 0.185. The quantitative estimate of drug-likeness (QED) is 0.347. The summed E-state index contributed by atoms with van der Waals surface area (Å²) in [5, 5.41) is 1.50. The van der Waals surface area contributed by atoms with Crippen molar-refractivity contribution in [1.82, 2.24) is 14.5 Å². The van der Waals surface area contributed by atoms with Gasteiger partial charge in [0.15, 0.2) is 5.13 Å². The molecule has 4 rings (SSSR count). The summed E-state index contributed by atoms with van der Waals surface area (Å²) in [6.45, 7) is 5.36. The number of halogens is 2. The third-order valence-electron chi connectivity index (χ3n) is 4.81. The molecule has 154 valence electrons. The third kappa shape index (κ3) is 4.36. The second kappa shape index (κ2) is 8.76. The first-order chi connectivity index (χ1) is 14.4. The molecule has 2 aromatic heterocycles. The van der Waals surface area contributed by atoms with E-state index >= 15 is 0 Å². The molecular weight excluding hydrogens is 439 g/mol. The maximum Gasteiger partial charge on any atom is 0.261 e. The molecule has 8 heteroatoms. The van der Waals surface area contributed by atoms with Gasteiger partial charge in [-0.1, -0.05) is 40.6 Å². The van der Waals surface area contributed by atoms with Crippen LogP contribution in [0.3, 0.4) is 0 Å². The lowest BCUT2D eigenvalue weighted by Crippen LogP contribution is -2.32. The van der Waals surface area contributed by atoms with Gasteiger partial charge in [-0.2, -0.15) is 0 Å². The Morgan fingerprint density at radius 3 is 2.77 bits per heavy atom. The zero-order valence-electron chi connectivity index (χ0n) is 16.6. The van der Waals surface area contributed by atoms with Gasteiger partial charge in [0.05, 0.1) is 27.1 Å². The maximum absolute atomic E-state index is 13.4. The molecule has 0 aliphatic heterocycles. The summed E-state index contributed by atoms with van der Waals surface area (Å²) in [6.07, 6.45) is 6.18. The Balaban J connectivity index is 1.69. The van der Waals surface area contributed by atoms with Crippen LogP contribution in [0.5, 0.6) is 0 Å². The minimum atomic E-state index is -0.185. The molecule has 0 spiro atoms. The fraction of sp³-hybridized carbons (Fsp3) is 0.227. The topological polar surface area (TPSA) is 51.0 Å². The van der Waals surface area contributed by atoms with Gasteiger partial charge in [-0.05, 0) is 55.7 Å². The highest BCUT2D eigenvalue weighted by atomic mass is 35.5. The van der Waals surface area contributed by atoms with E-state index in [0.29, 0.717) is 27.3 Å². The Hall–Kier alpha value is -2.41. The van der Waals surface area contributed by atoms with Crippen molar-refractivity contribution < 1.29 is 4.79 Å². The Labute approximate surface area is 188 Å². The number of carbonyl (C=O) groups excluding carboxylic acids is 1. The van der Waals surface area contributed by atoms with Crippen LogP contribution in [0.2, 0.25) is 10.0 Å². The normalized spacial score (nSPS) is 11.2. The summed E-state index contributed by atoms with van der Waals surface area (Å²) in [6, 6.07) is 9.14. The minimum Gasteiger partial charge on any atom is -0.337 e. The van der Waals surface area contributed by atoms with Crippen LogP contribution in [0.4, 0.5) is 5.13 Å². The molecular formula is C22H20Cl2N4OS. The predicted molar refractivity (Wildman–Crippen MR) is 124 cm³/mol. The smallest absolute Gasteiger partial charge is 0.261 e. The Bertz CT molecular complexity index is 1200. The summed E-state index contributed by atoms with van der Waals surface area (Å²) in [5.41, 5.74) is 3.61. The van der Waals surface area contributed by atoms with Crippen LogP contribution in [0.1, 0.15) is 27.9 Å². The molecule has 0 N–H and O–H groups in total. The lowest BCUT2D eigenvalue weighted by molar-refractivity contribution is 0.0986. The number of carbonyl (C=O) groups is 1. The highest BCUT2D eigenvalue weighted by molar-refractivity contribution is 7.22. The second-order valence-corrected chi connectivity index (χ2v) is 9.01. The van der Waals surface area contributed by atoms with Gasteiger partial charge in [0.1, 0.15) is 0 Å². The highest BCUT2D eigenvalue weighted by Crippen LogP contribution is 2.33. The van der Waals surface area contributed by atoms with Crippen molar-refractivity contribution in [3.63, 3.8) is 0 Å². The lowest BCUT2D eigenvalue weighted by Gasteiger charge is -2.20. The Kier molecular flexibility index (Phi) is 6.09. The SMILES string of the molecule is Cc1cc(C)c2nc(N(CCCn3ccnc3)C(=O)c3ccc(Cl)cc3Cl)sc2c1. The van der Waals surface area contributed by atoms with Crippen molar-refractivity contribution in [2.45, 2.75) is 26.8 Å². The largest absolute Gasteiger partial charge is 0.337 e. The highest BCUT2D eigenvalue weighted by Gasteiger charge is 2.23. The number of amides is 1. The lowest BCUT2D eigenvalue weighted by atomic mass is 10.1. The zero-order chi connectivity index (χ0) is 21.3. The molecule has 0 unspecified atom stereocenters. The average Bonchev–Trinajstić information content (AvgIpc) is 3.34. The van der Waals surface area contributed by atoms with Crippen molar-refractivity contribution in [3.8, 4) is 0 Å². The molecule has 0 saturated carbocycles. The standard InChI is InChI=1S/C22H20Cl2N4OS/c1-14-10-15(2)20-19(11-14)30-22(26-20)28(8-3-7-27-9-6-25-13-27)21(29)17-5-4-16(23)12-18(17)24/h4-6,9-13H,3,7-8H2,1-2H3. The number of hydrogen-bond donors (Lipinski definition) is 0. The van der Waals surface area contributed by atoms with Gasteiger partial charge in [-0.15, -0.1) is 0 Å². The van der Waals surface area contributed by atoms with Crippen LogP contribution < -0.4 is 4.90 Å². The zero-order valence-corrected chi connectivity index (χ0v) is 18.9. The van der Waals surface area contributed by atoms with Gasteiger partial charge in [0, 0.05) is 30.5 Å². The summed E-state index contributed by atoms with van der Waals surface area (Å²) in [7, 11) is 0. The van der Waals surface area contributed by atoms with Crippen LogP contribution in [0.15, 0.2) is 49.1 Å². The van der Waals surface area contributed by atoms with Crippen molar-refractivity contribution >= 4 is 55.8 Å². The predicted octanol–water partition coefficient (Wildman–Crippen LogP) is 6.15. The Morgan fingerprint density at radius 2 is 2.03 bits per heavy atom. The van der Waals surface area contributed by atoms with Crippen LogP contribution in [-0.2, 0) is 6.54 Å². The molecule has 0 bridgehead atoms. The van der Waals surface area contributed by atoms with Gasteiger partial charge in [-0.3, -0.25) is 9.69 Å². The molecule has 0 atom stereocenters. The first-order valence-corrected chi connectivity index (χ1v) is 11.1. The molecule has 2 heterocycles. The monoisotopic (exact) mass is 458 g/mol. The summed E-state index contributed by atoms with van der Waals surface area (Å²) in [4.78, 5) is 24.0. The van der Waals surface area contributed by atoms with Gasteiger partial charge in [0.2, 0.25) is 0 Å². The number of benzene rings is 2. The van der Waals surface area contributed by atoms with Crippen molar-refractivity contribution in [3.05, 3.63) is 75.8 Å². The molecule has 0 aliphatic rings. The fourth-order valence-corrected chi connectivity index (χ4v) is 5.05. The summed E-state index contributed by atoms with van der Waals surface area (Å²) >= 11 is 13.9. The number of aryl methyl sites for hydroxylation is 3. The number of anilines is 1. The van der Waals surface area contributed by atoms with Crippen LogP contribution in [-0.4, -0.2) is 27.0 Å². The Morgan fingerprint density at radius 1 is 1.20 bits per heavy atom. The third-order valence-corrected chi connectivity index (χ3v) is 6.39. The van der Waals surface area contributed by atoms with E-state index in [0.717, 1.165) is 28.7 Å². The number of hydrogen-bond acceptors (Lipinski definition) is 4. The van der Waals surface area contributed by atoms with Crippen LogP contribution in [0, 0.1) is 13.8 Å². The fourth-order valence-electron chi connectivity index (χ4n) is 3.40. The first kappa shape index (κ1) is 20.8. The van der Waals surface area contributed by atoms with E-state index in [1.54, 1.807) is 35.6 Å². The molecule has 4 aromatic rings. The molecule has 0 radical (unpaired) electrons. The number of thiazole rings is 1. The van der Waals surface area contributed by atoms with E-state index in [-0.39, 0.29) is 5.91 Å². The van der Waals surface area contributed by atoms with Gasteiger partial charge in [0.25, 0.3) is 5.91 Å². The number of aromatic nitrogens is 3. The van der Waals surface area contributed by atoms with E-state index in [1.807, 2.05) is 17.7 Å². The van der Waals surface area contributed by atoms with Crippen molar-refractivity contribution in [1.29, 1.82) is 0 Å². The first-order valence-electron chi connectivity index (χ1n) is 9.53. The molecule has 0 saturated heterocycles. The average molecular weight is 459 g/mol. The number of rotatable bonds is 6. The van der Waals surface area contributed by atoms with E-state index in [2.05, 4.69) is 24.0 Å². The number of nitrogens with zero attached hydrogens (tertiary/aromatic N) is 4. The molecule has 1 amide bonds. The molecule has 0 aliphatic carbocycles. The van der Waals surface area contributed by atoms with E-state index in [4.69, 9.17) is 28.2 Å². The van der Waals surface area contributed by atoms with Crippen molar-refractivity contribution in [2.75, 3.05) is 11.4 Å². The van der Waals surface area contributed by atoms with E-state index in [1.165, 1.54) is 16.9 Å². The van der Waals surface area contributed by atoms with E-state index < -0.39 is 0 Å². The molecule has 0 fully saturated rings. The van der Waals surface area contributed by atoms with Gasteiger partial charge in [-0.25, -0.2) is 9.97 Å². The molecule has 5 nitrogen and oxygen atoms in total. The number of fused-ring (bicyclic) bond motifs is 1.